The first-order valence-electron chi connectivity index (χ1n) is 5.24. The van der Waals surface area contributed by atoms with Crippen molar-refractivity contribution in [2.45, 2.75) is 0 Å². The SMILES string of the molecule is O=C(O)c1c(F)cccc1Oc1cc(Cl)c(Br)cc1Cl. The molecule has 0 atom stereocenters. The Morgan fingerprint density at radius 3 is 2.55 bits per heavy atom. The number of hydrogen-bond donors (Lipinski definition) is 1. The lowest BCUT2D eigenvalue weighted by Crippen LogP contribution is -2.03. The molecule has 104 valence electrons. The van der Waals surface area contributed by atoms with Gasteiger partial charge < -0.3 is 9.84 Å². The van der Waals surface area contributed by atoms with Gasteiger partial charge in [0.05, 0.1) is 10.0 Å². The van der Waals surface area contributed by atoms with Crippen LogP contribution in [0.25, 0.3) is 0 Å². The fourth-order valence-electron chi connectivity index (χ4n) is 1.50. The highest BCUT2D eigenvalue weighted by Crippen LogP contribution is 2.37. The Hall–Kier alpha value is -1.30. The van der Waals surface area contributed by atoms with Gasteiger partial charge in [0.1, 0.15) is 22.9 Å². The van der Waals surface area contributed by atoms with Gasteiger partial charge in [-0.2, -0.15) is 0 Å². The van der Waals surface area contributed by atoms with Crippen LogP contribution in [0.1, 0.15) is 10.4 Å². The summed E-state index contributed by atoms with van der Waals surface area (Å²) in [5.74, 6) is -2.35. The average Bonchev–Trinajstić information content (AvgIpc) is 2.35. The molecule has 0 radical (unpaired) electrons. The maximum Gasteiger partial charge on any atom is 0.342 e. The monoisotopic (exact) mass is 378 g/mol. The van der Waals surface area contributed by atoms with Crippen LogP contribution >= 0.6 is 39.1 Å². The van der Waals surface area contributed by atoms with Crippen molar-refractivity contribution in [3.63, 3.8) is 0 Å². The average molecular weight is 380 g/mol. The highest BCUT2D eigenvalue weighted by molar-refractivity contribution is 9.10. The number of benzene rings is 2. The van der Waals surface area contributed by atoms with Gasteiger partial charge in [0.15, 0.2) is 0 Å². The van der Waals surface area contributed by atoms with Crippen LogP contribution in [-0.2, 0) is 0 Å². The van der Waals surface area contributed by atoms with Gasteiger partial charge in [0.2, 0.25) is 0 Å². The summed E-state index contributed by atoms with van der Waals surface area (Å²) in [4.78, 5) is 11.1. The summed E-state index contributed by atoms with van der Waals surface area (Å²) in [5, 5.41) is 9.55. The first-order valence-corrected chi connectivity index (χ1v) is 6.79. The summed E-state index contributed by atoms with van der Waals surface area (Å²) in [6, 6.07) is 6.61. The number of hydrogen-bond acceptors (Lipinski definition) is 2. The van der Waals surface area contributed by atoms with E-state index in [1.54, 1.807) is 0 Å². The second kappa shape index (κ2) is 5.99. The molecule has 0 amide bonds. The highest BCUT2D eigenvalue weighted by Gasteiger charge is 2.18. The molecule has 20 heavy (non-hydrogen) atoms. The molecule has 0 unspecified atom stereocenters. The van der Waals surface area contributed by atoms with E-state index < -0.39 is 17.3 Å². The van der Waals surface area contributed by atoms with Crippen molar-refractivity contribution in [2.75, 3.05) is 0 Å². The van der Waals surface area contributed by atoms with E-state index in [2.05, 4.69) is 15.9 Å². The predicted molar refractivity (Wildman–Crippen MR) is 77.6 cm³/mol. The Morgan fingerprint density at radius 1 is 1.20 bits per heavy atom. The molecule has 0 aliphatic heterocycles. The number of carboxylic acids is 1. The van der Waals surface area contributed by atoms with Gasteiger partial charge in [-0.15, -0.1) is 0 Å². The zero-order valence-corrected chi connectivity index (χ0v) is 12.8. The van der Waals surface area contributed by atoms with Crippen molar-refractivity contribution in [1.82, 2.24) is 0 Å². The lowest BCUT2D eigenvalue weighted by atomic mass is 10.2. The molecule has 0 aliphatic carbocycles. The van der Waals surface area contributed by atoms with Crippen molar-refractivity contribution in [1.29, 1.82) is 0 Å². The van der Waals surface area contributed by atoms with Crippen molar-refractivity contribution in [3.8, 4) is 11.5 Å². The van der Waals surface area contributed by atoms with E-state index in [9.17, 15) is 9.18 Å². The summed E-state index contributed by atoms with van der Waals surface area (Å²) in [6.45, 7) is 0. The molecule has 2 rings (SSSR count). The minimum Gasteiger partial charge on any atom is -0.477 e. The molecule has 7 heteroatoms. The molecule has 0 bridgehead atoms. The van der Waals surface area contributed by atoms with Crippen LogP contribution in [0, 0.1) is 5.82 Å². The van der Waals surface area contributed by atoms with Gasteiger partial charge in [-0.1, -0.05) is 29.3 Å². The minimum absolute atomic E-state index is 0.132. The van der Waals surface area contributed by atoms with Crippen molar-refractivity contribution in [3.05, 3.63) is 56.2 Å². The van der Waals surface area contributed by atoms with E-state index in [4.69, 9.17) is 33.0 Å². The first-order chi connectivity index (χ1) is 9.40. The standard InChI is InChI=1S/C13H6BrCl2FO3/c14-6-4-8(16)11(5-7(6)15)20-10-3-1-2-9(17)12(10)13(18)19/h1-5H,(H,18,19). The van der Waals surface area contributed by atoms with Gasteiger partial charge in [-0.3, -0.25) is 0 Å². The predicted octanol–water partition coefficient (Wildman–Crippen LogP) is 5.39. The second-order valence-corrected chi connectivity index (χ2v) is 5.39. The smallest absolute Gasteiger partial charge is 0.342 e. The van der Waals surface area contributed by atoms with Crippen LogP contribution in [0.4, 0.5) is 4.39 Å². The van der Waals surface area contributed by atoms with Gasteiger partial charge >= 0.3 is 5.97 Å². The molecular weight excluding hydrogens is 374 g/mol. The summed E-state index contributed by atoms with van der Waals surface area (Å²) in [7, 11) is 0. The number of halogens is 4. The summed E-state index contributed by atoms with van der Waals surface area (Å²) >= 11 is 15.1. The Kier molecular flexibility index (Phi) is 4.52. The van der Waals surface area contributed by atoms with Crippen LogP contribution in [0.3, 0.4) is 0 Å². The molecule has 0 saturated carbocycles. The lowest BCUT2D eigenvalue weighted by Gasteiger charge is -2.11. The van der Waals surface area contributed by atoms with Gasteiger partial charge in [-0.25, -0.2) is 9.18 Å². The maximum atomic E-state index is 13.5. The van der Waals surface area contributed by atoms with Crippen LogP contribution in [0.5, 0.6) is 11.5 Å². The lowest BCUT2D eigenvalue weighted by molar-refractivity contribution is 0.0689. The summed E-state index contributed by atoms with van der Waals surface area (Å²) in [6.07, 6.45) is 0. The molecule has 3 nitrogen and oxygen atoms in total. The van der Waals surface area contributed by atoms with Crippen molar-refractivity contribution >= 4 is 45.1 Å². The number of rotatable bonds is 3. The van der Waals surface area contributed by atoms with E-state index in [0.717, 1.165) is 6.07 Å². The molecule has 2 aromatic carbocycles. The number of carbonyl (C=O) groups is 1. The molecule has 0 fully saturated rings. The van der Waals surface area contributed by atoms with Crippen LogP contribution < -0.4 is 4.74 Å². The molecule has 1 N–H and O–H groups in total. The van der Waals surface area contributed by atoms with Crippen LogP contribution in [0.15, 0.2) is 34.8 Å². The molecule has 0 aromatic heterocycles. The Balaban J connectivity index is 2.48. The summed E-state index contributed by atoms with van der Waals surface area (Å²) in [5.41, 5.74) is -0.567. The molecular formula is C13H6BrCl2FO3. The molecule has 0 aliphatic rings. The number of ether oxygens (including phenoxy) is 1. The zero-order valence-electron chi connectivity index (χ0n) is 9.66. The molecule has 0 spiro atoms. The number of carboxylic acid groups (broad SMARTS) is 1. The third-order valence-corrected chi connectivity index (χ3v) is 3.88. The first kappa shape index (κ1) is 15.1. The fourth-order valence-corrected chi connectivity index (χ4v) is 2.33. The molecule has 0 saturated heterocycles. The van der Waals surface area contributed by atoms with Gasteiger partial charge in [-0.05, 0) is 34.1 Å². The Labute approximate surface area is 132 Å². The molecule has 0 heterocycles. The third-order valence-electron chi connectivity index (χ3n) is 2.38. The quantitative estimate of drug-likeness (QED) is 0.727. The van der Waals surface area contributed by atoms with E-state index >= 15 is 0 Å². The van der Waals surface area contributed by atoms with Gasteiger partial charge in [0, 0.05) is 10.5 Å². The largest absolute Gasteiger partial charge is 0.477 e. The minimum atomic E-state index is -1.43. The van der Waals surface area contributed by atoms with Crippen molar-refractivity contribution < 1.29 is 19.0 Å². The summed E-state index contributed by atoms with van der Waals surface area (Å²) < 4.78 is 19.4. The Morgan fingerprint density at radius 2 is 1.90 bits per heavy atom. The normalized spacial score (nSPS) is 10.4. The van der Waals surface area contributed by atoms with E-state index in [1.165, 1.54) is 24.3 Å². The zero-order chi connectivity index (χ0) is 14.9. The maximum absolute atomic E-state index is 13.5. The van der Waals surface area contributed by atoms with E-state index in [1.807, 2.05) is 0 Å². The van der Waals surface area contributed by atoms with E-state index in [-0.39, 0.29) is 16.5 Å². The van der Waals surface area contributed by atoms with Gasteiger partial charge in [0.25, 0.3) is 0 Å². The van der Waals surface area contributed by atoms with E-state index in [0.29, 0.717) is 9.50 Å². The third kappa shape index (κ3) is 3.06. The van der Waals surface area contributed by atoms with Crippen molar-refractivity contribution in [2.24, 2.45) is 0 Å². The highest BCUT2D eigenvalue weighted by atomic mass is 79.9. The number of aromatic carboxylic acids is 1. The molecule has 2 aromatic rings. The van der Waals surface area contributed by atoms with Crippen LogP contribution in [0.2, 0.25) is 10.0 Å². The topological polar surface area (TPSA) is 46.5 Å². The fraction of sp³-hybridized carbons (Fsp3) is 0. The second-order valence-electron chi connectivity index (χ2n) is 3.72. The van der Waals surface area contributed by atoms with Crippen LogP contribution in [-0.4, -0.2) is 11.1 Å². The Bertz CT molecular complexity index is 692.